The minimum Gasteiger partial charge on any atom is -0.378 e. The zero-order valence-electron chi connectivity index (χ0n) is 7.94. The second-order valence-corrected chi connectivity index (χ2v) is 3.15. The summed E-state index contributed by atoms with van der Waals surface area (Å²) in [5.41, 5.74) is 3.37. The van der Waals surface area contributed by atoms with Crippen LogP contribution in [0.3, 0.4) is 0 Å². The highest BCUT2D eigenvalue weighted by Crippen LogP contribution is 2.14. The molecule has 0 unspecified atom stereocenters. The van der Waals surface area contributed by atoms with E-state index in [-0.39, 0.29) is 0 Å². The Morgan fingerprint density at radius 1 is 1.36 bits per heavy atom. The van der Waals surface area contributed by atoms with E-state index >= 15 is 0 Å². The van der Waals surface area contributed by atoms with Crippen molar-refractivity contribution in [1.29, 1.82) is 0 Å². The molecule has 5 nitrogen and oxygen atoms in total. The highest BCUT2D eigenvalue weighted by molar-refractivity contribution is 5.47. The zero-order valence-corrected chi connectivity index (χ0v) is 7.94. The van der Waals surface area contributed by atoms with Crippen LogP contribution in [0.1, 0.15) is 0 Å². The van der Waals surface area contributed by atoms with Crippen LogP contribution < -0.4 is 16.2 Å². The summed E-state index contributed by atoms with van der Waals surface area (Å²) in [5, 5.41) is 0. The number of hydrazine groups is 1. The molecule has 0 aromatic carbocycles. The van der Waals surface area contributed by atoms with Gasteiger partial charge in [0.1, 0.15) is 5.82 Å². The van der Waals surface area contributed by atoms with Gasteiger partial charge in [-0.2, -0.15) is 0 Å². The molecule has 1 aliphatic rings. The molecule has 14 heavy (non-hydrogen) atoms. The smallest absolute Gasteiger partial charge is 0.128 e. The van der Waals surface area contributed by atoms with E-state index in [0.717, 1.165) is 37.8 Å². The number of rotatable bonds is 2. The number of hydrogen-bond acceptors (Lipinski definition) is 5. The van der Waals surface area contributed by atoms with E-state index < -0.39 is 0 Å². The largest absolute Gasteiger partial charge is 0.378 e. The number of anilines is 2. The van der Waals surface area contributed by atoms with Gasteiger partial charge >= 0.3 is 0 Å². The van der Waals surface area contributed by atoms with E-state index in [1.165, 1.54) is 0 Å². The summed E-state index contributed by atoms with van der Waals surface area (Å²) < 4.78 is 5.26. The second kappa shape index (κ2) is 4.26. The van der Waals surface area contributed by atoms with Crippen LogP contribution in [0.25, 0.3) is 0 Å². The van der Waals surface area contributed by atoms with Crippen molar-refractivity contribution in [3.05, 3.63) is 18.3 Å². The molecule has 2 heterocycles. The molecule has 1 fully saturated rings. The Kier molecular flexibility index (Phi) is 2.81. The van der Waals surface area contributed by atoms with Crippen LogP contribution in [-0.4, -0.2) is 31.3 Å². The first-order valence-electron chi connectivity index (χ1n) is 4.65. The van der Waals surface area contributed by atoms with Crippen molar-refractivity contribution >= 4 is 11.5 Å². The van der Waals surface area contributed by atoms with Crippen LogP contribution in [0.2, 0.25) is 0 Å². The summed E-state index contributed by atoms with van der Waals surface area (Å²) in [5.74, 6) is 6.23. The SMILES string of the molecule is NNc1ccc(N2CCOCC2)nc1. The molecule has 5 heteroatoms. The topological polar surface area (TPSA) is 63.4 Å². The molecule has 0 amide bonds. The number of morpholine rings is 1. The third kappa shape index (κ3) is 1.94. The molecule has 1 aromatic heterocycles. The molecule has 1 saturated heterocycles. The summed E-state index contributed by atoms with van der Waals surface area (Å²) >= 11 is 0. The summed E-state index contributed by atoms with van der Waals surface area (Å²) in [6.07, 6.45) is 1.73. The van der Waals surface area contributed by atoms with E-state index in [0.29, 0.717) is 0 Å². The third-order valence-corrected chi connectivity index (χ3v) is 2.25. The molecule has 2 rings (SSSR count). The van der Waals surface area contributed by atoms with E-state index in [9.17, 15) is 0 Å². The van der Waals surface area contributed by atoms with Crippen LogP contribution in [0.15, 0.2) is 18.3 Å². The summed E-state index contributed by atoms with van der Waals surface area (Å²) in [6.45, 7) is 3.36. The lowest BCUT2D eigenvalue weighted by Crippen LogP contribution is -2.36. The predicted octanol–water partition coefficient (Wildman–Crippen LogP) is 0.204. The van der Waals surface area contributed by atoms with Crippen LogP contribution in [0.4, 0.5) is 11.5 Å². The van der Waals surface area contributed by atoms with Crippen molar-refractivity contribution in [2.45, 2.75) is 0 Å². The third-order valence-electron chi connectivity index (χ3n) is 2.25. The standard InChI is InChI=1S/C9H14N4O/c10-12-8-1-2-9(11-7-8)13-3-5-14-6-4-13/h1-2,7,12H,3-6,10H2. The number of nitrogens with zero attached hydrogens (tertiary/aromatic N) is 2. The number of pyridine rings is 1. The minimum absolute atomic E-state index is 0.776. The van der Waals surface area contributed by atoms with Crippen LogP contribution in [0, 0.1) is 0 Å². The molecule has 1 aliphatic heterocycles. The average Bonchev–Trinajstić information content (AvgIpc) is 2.30. The molecule has 0 aliphatic carbocycles. The lowest BCUT2D eigenvalue weighted by molar-refractivity contribution is 0.122. The molecule has 3 N–H and O–H groups in total. The maximum atomic E-state index is 5.26. The van der Waals surface area contributed by atoms with Gasteiger partial charge in [-0.15, -0.1) is 0 Å². The summed E-state index contributed by atoms with van der Waals surface area (Å²) in [4.78, 5) is 6.50. The quantitative estimate of drug-likeness (QED) is 0.520. The Morgan fingerprint density at radius 2 is 2.14 bits per heavy atom. The highest BCUT2D eigenvalue weighted by atomic mass is 16.5. The first-order chi connectivity index (χ1) is 6.90. The molecule has 0 radical (unpaired) electrons. The van der Waals surface area contributed by atoms with Crippen LogP contribution in [0.5, 0.6) is 0 Å². The van der Waals surface area contributed by atoms with Crippen molar-refractivity contribution in [2.75, 3.05) is 36.6 Å². The van der Waals surface area contributed by atoms with Gasteiger partial charge in [-0.25, -0.2) is 4.98 Å². The molecule has 0 saturated carbocycles. The van der Waals surface area contributed by atoms with Gasteiger partial charge in [0.2, 0.25) is 0 Å². The number of ether oxygens (including phenoxy) is 1. The predicted molar refractivity (Wildman–Crippen MR) is 55.1 cm³/mol. The van der Waals surface area contributed by atoms with Crippen molar-refractivity contribution in [3.63, 3.8) is 0 Å². The van der Waals surface area contributed by atoms with Crippen molar-refractivity contribution < 1.29 is 4.74 Å². The molecule has 0 atom stereocenters. The number of nitrogens with two attached hydrogens (primary N) is 1. The monoisotopic (exact) mass is 194 g/mol. The fourth-order valence-corrected chi connectivity index (χ4v) is 1.45. The van der Waals surface area contributed by atoms with Gasteiger partial charge in [0.05, 0.1) is 25.1 Å². The Bertz CT molecular complexity index is 281. The van der Waals surface area contributed by atoms with Crippen molar-refractivity contribution in [3.8, 4) is 0 Å². The summed E-state index contributed by atoms with van der Waals surface area (Å²) in [6, 6.07) is 3.87. The van der Waals surface area contributed by atoms with E-state index in [1.807, 2.05) is 12.1 Å². The maximum absolute atomic E-state index is 5.26. The van der Waals surface area contributed by atoms with Gasteiger partial charge in [0.15, 0.2) is 0 Å². The van der Waals surface area contributed by atoms with E-state index in [4.69, 9.17) is 10.6 Å². The van der Waals surface area contributed by atoms with Crippen molar-refractivity contribution in [1.82, 2.24) is 4.98 Å². The molecular formula is C9H14N4O. The lowest BCUT2D eigenvalue weighted by Gasteiger charge is -2.27. The Labute approximate surface area is 82.8 Å². The van der Waals surface area contributed by atoms with Gasteiger partial charge in [-0.05, 0) is 12.1 Å². The second-order valence-electron chi connectivity index (χ2n) is 3.15. The summed E-state index contributed by atoms with van der Waals surface area (Å²) in [7, 11) is 0. The van der Waals surface area contributed by atoms with Gasteiger partial charge < -0.3 is 15.1 Å². The van der Waals surface area contributed by atoms with Crippen LogP contribution >= 0.6 is 0 Å². The Balaban J connectivity index is 2.07. The Morgan fingerprint density at radius 3 is 2.71 bits per heavy atom. The maximum Gasteiger partial charge on any atom is 0.128 e. The van der Waals surface area contributed by atoms with Gasteiger partial charge in [0, 0.05) is 13.1 Å². The molecule has 0 bridgehead atoms. The average molecular weight is 194 g/mol. The normalized spacial score (nSPS) is 16.8. The van der Waals surface area contributed by atoms with Gasteiger partial charge in [-0.1, -0.05) is 0 Å². The van der Waals surface area contributed by atoms with Gasteiger partial charge in [0.25, 0.3) is 0 Å². The number of nitrogens with one attached hydrogen (secondary N) is 1. The Hall–Kier alpha value is -1.33. The van der Waals surface area contributed by atoms with Crippen LogP contribution in [-0.2, 0) is 4.74 Å². The number of nitrogen functional groups attached to an aromatic ring is 1. The first-order valence-corrected chi connectivity index (χ1v) is 4.65. The fourth-order valence-electron chi connectivity index (χ4n) is 1.45. The molecular weight excluding hydrogens is 180 g/mol. The van der Waals surface area contributed by atoms with Gasteiger partial charge in [-0.3, -0.25) is 5.84 Å². The molecule has 76 valence electrons. The molecule has 0 spiro atoms. The molecule has 1 aromatic rings. The van der Waals surface area contributed by atoms with E-state index in [1.54, 1.807) is 6.20 Å². The fraction of sp³-hybridized carbons (Fsp3) is 0.444. The first kappa shape index (κ1) is 9.23. The highest BCUT2D eigenvalue weighted by Gasteiger charge is 2.11. The zero-order chi connectivity index (χ0) is 9.80. The van der Waals surface area contributed by atoms with Crippen molar-refractivity contribution in [2.24, 2.45) is 5.84 Å². The lowest BCUT2D eigenvalue weighted by atomic mass is 10.3. The minimum atomic E-state index is 0.776. The van der Waals surface area contributed by atoms with E-state index in [2.05, 4.69) is 15.3 Å². The number of hydrogen-bond donors (Lipinski definition) is 2. The number of aromatic nitrogens is 1.